The van der Waals surface area contributed by atoms with Crippen molar-refractivity contribution >= 4 is 0 Å². The second-order valence-electron chi connectivity index (χ2n) is 5.14. The molecule has 0 saturated carbocycles. The van der Waals surface area contributed by atoms with Crippen molar-refractivity contribution in [2.45, 2.75) is 25.5 Å². The van der Waals surface area contributed by atoms with Crippen LogP contribution in [0.3, 0.4) is 0 Å². The molecule has 4 heteroatoms. The second-order valence-corrected chi connectivity index (χ2v) is 5.14. The first-order valence-electron chi connectivity index (χ1n) is 7.02. The molecule has 1 unspecified atom stereocenters. The molecule has 2 rings (SSSR count). The number of aliphatic hydroxyl groups is 1. The van der Waals surface area contributed by atoms with Crippen molar-refractivity contribution < 1.29 is 9.84 Å². The highest BCUT2D eigenvalue weighted by Gasteiger charge is 2.15. The first-order valence-corrected chi connectivity index (χ1v) is 7.02. The Labute approximate surface area is 115 Å². The molecule has 0 aromatic heterocycles. The molecular weight excluding hydrogens is 240 g/mol. The van der Waals surface area contributed by atoms with Crippen LogP contribution >= 0.6 is 0 Å². The number of hydrogen-bond donors (Lipinski definition) is 2. The van der Waals surface area contributed by atoms with Crippen LogP contribution in [0, 0.1) is 0 Å². The first-order chi connectivity index (χ1) is 9.28. The smallest absolute Gasteiger partial charge is 0.119 e. The molecule has 1 atom stereocenters. The average Bonchev–Trinajstić information content (AvgIpc) is 2.92. The molecule has 1 fully saturated rings. The van der Waals surface area contributed by atoms with Crippen LogP contribution in [-0.2, 0) is 6.54 Å². The van der Waals surface area contributed by atoms with E-state index in [0.717, 1.165) is 31.9 Å². The van der Waals surface area contributed by atoms with Crippen LogP contribution in [-0.4, -0.2) is 49.4 Å². The summed E-state index contributed by atoms with van der Waals surface area (Å²) in [5.74, 6) is 0.872. The fourth-order valence-electron chi connectivity index (χ4n) is 2.49. The van der Waals surface area contributed by atoms with E-state index in [1.165, 1.54) is 18.4 Å². The quantitative estimate of drug-likeness (QED) is 0.778. The van der Waals surface area contributed by atoms with Crippen molar-refractivity contribution in [1.29, 1.82) is 0 Å². The lowest BCUT2D eigenvalue weighted by atomic mass is 10.2. The van der Waals surface area contributed by atoms with E-state index in [1.54, 1.807) is 7.11 Å². The van der Waals surface area contributed by atoms with Crippen LogP contribution in [0.2, 0.25) is 0 Å². The number of benzene rings is 1. The molecule has 1 aromatic rings. The predicted octanol–water partition coefficient (Wildman–Crippen LogP) is 1.24. The number of aliphatic hydroxyl groups excluding tert-OH is 1. The van der Waals surface area contributed by atoms with Crippen molar-refractivity contribution in [2.24, 2.45) is 0 Å². The van der Waals surface area contributed by atoms with Crippen LogP contribution in [0.25, 0.3) is 0 Å². The van der Waals surface area contributed by atoms with E-state index >= 15 is 0 Å². The average molecular weight is 264 g/mol. The number of rotatable bonds is 7. The molecule has 2 N–H and O–H groups in total. The molecule has 0 aliphatic carbocycles. The number of nitrogens with zero attached hydrogens (tertiary/aromatic N) is 1. The number of ether oxygens (including phenoxy) is 1. The van der Waals surface area contributed by atoms with Gasteiger partial charge >= 0.3 is 0 Å². The topological polar surface area (TPSA) is 44.7 Å². The molecule has 1 aliphatic heterocycles. The van der Waals surface area contributed by atoms with Gasteiger partial charge in [-0.2, -0.15) is 0 Å². The molecule has 0 bridgehead atoms. The summed E-state index contributed by atoms with van der Waals surface area (Å²) in [5.41, 5.74) is 1.17. The van der Waals surface area contributed by atoms with Gasteiger partial charge in [0.05, 0.1) is 13.2 Å². The van der Waals surface area contributed by atoms with E-state index in [4.69, 9.17) is 4.74 Å². The first kappa shape index (κ1) is 14.3. The lowest BCUT2D eigenvalue weighted by molar-refractivity contribution is 0.123. The Balaban J connectivity index is 1.67. The SMILES string of the molecule is COc1cccc(CNCC(O)CN2CCCC2)c1. The van der Waals surface area contributed by atoms with Crippen molar-refractivity contribution in [3.63, 3.8) is 0 Å². The van der Waals surface area contributed by atoms with Gasteiger partial charge in [-0.3, -0.25) is 0 Å². The fourth-order valence-corrected chi connectivity index (χ4v) is 2.49. The molecule has 0 radical (unpaired) electrons. The van der Waals surface area contributed by atoms with Crippen LogP contribution in [0.4, 0.5) is 0 Å². The summed E-state index contributed by atoms with van der Waals surface area (Å²) in [7, 11) is 1.67. The highest BCUT2D eigenvalue weighted by atomic mass is 16.5. The monoisotopic (exact) mass is 264 g/mol. The highest BCUT2D eigenvalue weighted by molar-refractivity contribution is 5.28. The van der Waals surface area contributed by atoms with Crippen molar-refractivity contribution in [3.8, 4) is 5.75 Å². The maximum absolute atomic E-state index is 9.96. The summed E-state index contributed by atoms with van der Waals surface area (Å²) in [5, 5.41) is 13.3. The van der Waals surface area contributed by atoms with Gasteiger partial charge in [-0.05, 0) is 43.6 Å². The van der Waals surface area contributed by atoms with E-state index in [1.807, 2.05) is 18.2 Å². The third-order valence-corrected chi connectivity index (χ3v) is 3.51. The molecule has 1 aliphatic rings. The minimum absolute atomic E-state index is 0.288. The van der Waals surface area contributed by atoms with Gasteiger partial charge in [0.2, 0.25) is 0 Å². The van der Waals surface area contributed by atoms with Crippen molar-refractivity contribution in [2.75, 3.05) is 33.3 Å². The van der Waals surface area contributed by atoms with E-state index in [-0.39, 0.29) is 6.10 Å². The Morgan fingerprint density at radius 2 is 2.16 bits per heavy atom. The molecule has 106 valence electrons. The number of methoxy groups -OCH3 is 1. The highest BCUT2D eigenvalue weighted by Crippen LogP contribution is 2.12. The molecule has 0 amide bonds. The van der Waals surface area contributed by atoms with Crippen molar-refractivity contribution in [1.82, 2.24) is 10.2 Å². The third kappa shape index (κ3) is 4.82. The molecule has 0 spiro atoms. The molecule has 19 heavy (non-hydrogen) atoms. The van der Waals surface area contributed by atoms with E-state index in [9.17, 15) is 5.11 Å². The van der Waals surface area contributed by atoms with Gasteiger partial charge < -0.3 is 20.1 Å². The molecule has 1 aromatic carbocycles. The van der Waals surface area contributed by atoms with E-state index < -0.39 is 0 Å². The lowest BCUT2D eigenvalue weighted by Gasteiger charge is -2.19. The standard InChI is InChI=1S/C15H24N2O2/c1-19-15-6-4-5-13(9-15)10-16-11-14(18)12-17-7-2-3-8-17/h4-6,9,14,16,18H,2-3,7-8,10-12H2,1H3. The van der Waals surface area contributed by atoms with Gasteiger partial charge in [0.1, 0.15) is 5.75 Å². The molecule has 4 nitrogen and oxygen atoms in total. The molecule has 1 heterocycles. The summed E-state index contributed by atoms with van der Waals surface area (Å²) in [6.07, 6.45) is 2.25. The number of β-amino-alcohol motifs (C(OH)–C–C–N with tert-alkyl or cyclic N) is 1. The summed E-state index contributed by atoms with van der Waals surface area (Å²) < 4.78 is 5.19. The van der Waals surface area contributed by atoms with Crippen LogP contribution < -0.4 is 10.1 Å². The van der Waals surface area contributed by atoms with E-state index in [2.05, 4.69) is 16.3 Å². The normalized spacial score (nSPS) is 17.6. The summed E-state index contributed by atoms with van der Waals surface area (Å²) >= 11 is 0. The van der Waals surface area contributed by atoms with Crippen LogP contribution in [0.1, 0.15) is 18.4 Å². The van der Waals surface area contributed by atoms with Gasteiger partial charge in [0.25, 0.3) is 0 Å². The maximum atomic E-state index is 9.96. The largest absolute Gasteiger partial charge is 0.497 e. The predicted molar refractivity (Wildman–Crippen MR) is 76.4 cm³/mol. The van der Waals surface area contributed by atoms with Gasteiger partial charge in [-0.1, -0.05) is 12.1 Å². The summed E-state index contributed by atoms with van der Waals surface area (Å²) in [6, 6.07) is 7.99. The molecular formula is C15H24N2O2. The van der Waals surface area contributed by atoms with Crippen LogP contribution in [0.5, 0.6) is 5.75 Å². The Hall–Kier alpha value is -1.10. The van der Waals surface area contributed by atoms with Gasteiger partial charge in [-0.25, -0.2) is 0 Å². The Bertz CT molecular complexity index is 378. The Kier molecular flexibility index (Phi) is 5.63. The fraction of sp³-hybridized carbons (Fsp3) is 0.600. The zero-order valence-corrected chi connectivity index (χ0v) is 11.6. The lowest BCUT2D eigenvalue weighted by Crippen LogP contribution is -2.36. The molecule has 1 saturated heterocycles. The Morgan fingerprint density at radius 1 is 1.37 bits per heavy atom. The number of nitrogens with one attached hydrogen (secondary N) is 1. The third-order valence-electron chi connectivity index (χ3n) is 3.51. The number of likely N-dealkylation sites (tertiary alicyclic amines) is 1. The van der Waals surface area contributed by atoms with Gasteiger partial charge in [-0.15, -0.1) is 0 Å². The second kappa shape index (κ2) is 7.48. The maximum Gasteiger partial charge on any atom is 0.119 e. The van der Waals surface area contributed by atoms with Crippen LogP contribution in [0.15, 0.2) is 24.3 Å². The minimum Gasteiger partial charge on any atom is -0.497 e. The van der Waals surface area contributed by atoms with Crippen molar-refractivity contribution in [3.05, 3.63) is 29.8 Å². The number of hydrogen-bond acceptors (Lipinski definition) is 4. The summed E-state index contributed by atoms with van der Waals surface area (Å²) in [4.78, 5) is 2.33. The van der Waals surface area contributed by atoms with Gasteiger partial charge in [0.15, 0.2) is 0 Å². The Morgan fingerprint density at radius 3 is 2.89 bits per heavy atom. The van der Waals surface area contributed by atoms with E-state index in [0.29, 0.717) is 6.54 Å². The van der Waals surface area contributed by atoms with Gasteiger partial charge in [0, 0.05) is 19.6 Å². The summed E-state index contributed by atoms with van der Waals surface area (Å²) in [6.45, 7) is 4.44. The zero-order valence-electron chi connectivity index (χ0n) is 11.6. The zero-order chi connectivity index (χ0) is 13.5. The minimum atomic E-state index is -0.288.